The lowest BCUT2D eigenvalue weighted by atomic mass is 10.2. The maximum Gasteiger partial charge on any atom is 0.244 e. The lowest BCUT2D eigenvalue weighted by Crippen LogP contribution is -2.26. The van der Waals surface area contributed by atoms with E-state index in [1.807, 2.05) is 30.3 Å². The van der Waals surface area contributed by atoms with Crippen LogP contribution < -0.4 is 19.5 Å². The highest BCUT2D eigenvalue weighted by atomic mass is 79.9. The van der Waals surface area contributed by atoms with Crippen molar-refractivity contribution in [3.63, 3.8) is 0 Å². The van der Waals surface area contributed by atoms with Crippen molar-refractivity contribution in [1.82, 2.24) is 5.32 Å². The van der Waals surface area contributed by atoms with Crippen LogP contribution in [0.4, 0.5) is 0 Å². The number of rotatable bonds is 9. The maximum absolute atomic E-state index is 11.9. The number of hydrogen-bond donors (Lipinski definition) is 1. The Labute approximate surface area is 166 Å². The van der Waals surface area contributed by atoms with Gasteiger partial charge in [0.15, 0.2) is 18.1 Å². The molecular weight excluding hydrogens is 412 g/mol. The number of hydrogen-bond acceptors (Lipinski definition) is 5. The lowest BCUT2D eigenvalue weighted by Gasteiger charge is -2.09. The normalized spacial score (nSPS) is 10.3. The smallest absolute Gasteiger partial charge is 0.244 e. The van der Waals surface area contributed by atoms with Crippen LogP contribution in [-0.2, 0) is 4.79 Å². The minimum Gasteiger partial charge on any atom is -0.493 e. The fourth-order valence-corrected chi connectivity index (χ4v) is 2.53. The number of methoxy groups -OCH3 is 1. The molecule has 1 amide bonds. The third-order valence-electron chi connectivity index (χ3n) is 3.37. The van der Waals surface area contributed by atoms with Gasteiger partial charge in [0.05, 0.1) is 13.7 Å². The zero-order valence-electron chi connectivity index (χ0n) is 14.8. The molecule has 0 aliphatic heterocycles. The summed E-state index contributed by atoms with van der Waals surface area (Å²) in [7, 11) is 1.51. The summed E-state index contributed by atoms with van der Waals surface area (Å²) in [6.45, 7) is 0.699. The molecule has 0 radical (unpaired) electrons. The predicted molar refractivity (Wildman–Crippen MR) is 106 cm³/mol. The number of nitrogens with one attached hydrogen (secondary N) is 1. The maximum atomic E-state index is 11.9. The zero-order chi connectivity index (χ0) is 19.5. The Hall–Kier alpha value is -2.98. The van der Waals surface area contributed by atoms with Crippen molar-refractivity contribution in [2.45, 2.75) is 0 Å². The number of nitrogens with zero attached hydrogens (tertiary/aromatic N) is 1. The molecule has 0 unspecified atom stereocenters. The summed E-state index contributed by atoms with van der Waals surface area (Å²) in [6.07, 6.45) is 3.10. The first-order valence-corrected chi connectivity index (χ1v) is 8.93. The molecule has 140 valence electrons. The van der Waals surface area contributed by atoms with E-state index in [2.05, 4.69) is 21.2 Å². The number of amides is 1. The van der Waals surface area contributed by atoms with Crippen LogP contribution >= 0.6 is 15.9 Å². The minimum atomic E-state index is -0.225. The van der Waals surface area contributed by atoms with Crippen LogP contribution in [0.5, 0.6) is 17.2 Å². The van der Waals surface area contributed by atoms with Crippen LogP contribution in [0.1, 0.15) is 5.56 Å². The third kappa shape index (κ3) is 7.04. The number of nitriles is 1. The fourth-order valence-electron chi connectivity index (χ4n) is 2.15. The minimum absolute atomic E-state index is 0.0596. The first-order chi connectivity index (χ1) is 13.1. The Morgan fingerprint density at radius 2 is 2.07 bits per heavy atom. The van der Waals surface area contributed by atoms with E-state index in [9.17, 15) is 4.79 Å². The first kappa shape index (κ1) is 20.3. The van der Waals surface area contributed by atoms with Crippen molar-refractivity contribution < 1.29 is 19.0 Å². The molecule has 6 nitrogen and oxygen atoms in total. The summed E-state index contributed by atoms with van der Waals surface area (Å²) in [4.78, 5) is 11.9. The van der Waals surface area contributed by atoms with Gasteiger partial charge in [0, 0.05) is 10.5 Å². The molecule has 0 bridgehead atoms. The molecule has 0 saturated heterocycles. The van der Waals surface area contributed by atoms with Crippen molar-refractivity contribution in [2.75, 3.05) is 26.9 Å². The Bertz CT molecular complexity index is 846. The average Bonchev–Trinajstić information content (AvgIpc) is 2.68. The molecule has 1 N–H and O–H groups in total. The largest absolute Gasteiger partial charge is 0.493 e. The van der Waals surface area contributed by atoms with Crippen LogP contribution in [0.2, 0.25) is 0 Å². The Morgan fingerprint density at radius 1 is 1.22 bits per heavy atom. The van der Waals surface area contributed by atoms with Crippen molar-refractivity contribution in [3.8, 4) is 23.3 Å². The van der Waals surface area contributed by atoms with Gasteiger partial charge in [0.25, 0.3) is 0 Å². The topological polar surface area (TPSA) is 80.6 Å². The second kappa shape index (κ2) is 10.9. The van der Waals surface area contributed by atoms with Gasteiger partial charge in [-0.3, -0.25) is 4.79 Å². The highest BCUT2D eigenvalue weighted by Crippen LogP contribution is 2.28. The zero-order valence-corrected chi connectivity index (χ0v) is 16.4. The molecule has 2 rings (SSSR count). The SMILES string of the molecule is COc1cc(/C=C/C(=O)NCCOc2cccc(Br)c2)ccc1OCC#N. The average molecular weight is 431 g/mol. The first-order valence-electron chi connectivity index (χ1n) is 8.14. The summed E-state index contributed by atoms with van der Waals surface area (Å²) in [5, 5.41) is 11.3. The van der Waals surface area contributed by atoms with Crippen LogP contribution in [-0.4, -0.2) is 32.8 Å². The van der Waals surface area contributed by atoms with E-state index in [1.54, 1.807) is 24.3 Å². The lowest BCUT2D eigenvalue weighted by molar-refractivity contribution is -0.116. The van der Waals surface area contributed by atoms with Gasteiger partial charge in [0.2, 0.25) is 5.91 Å². The third-order valence-corrected chi connectivity index (χ3v) is 3.87. The van der Waals surface area contributed by atoms with Gasteiger partial charge in [-0.25, -0.2) is 0 Å². The molecule has 0 aliphatic rings. The molecule has 27 heavy (non-hydrogen) atoms. The number of ether oxygens (including phenoxy) is 3. The number of carbonyl (C=O) groups is 1. The Morgan fingerprint density at radius 3 is 2.81 bits per heavy atom. The molecule has 0 saturated carbocycles. The van der Waals surface area contributed by atoms with E-state index in [0.29, 0.717) is 24.7 Å². The van der Waals surface area contributed by atoms with E-state index < -0.39 is 0 Å². The molecule has 2 aromatic rings. The molecule has 0 atom stereocenters. The molecule has 0 spiro atoms. The Kier molecular flexibility index (Phi) is 8.20. The van der Waals surface area contributed by atoms with Crippen molar-refractivity contribution >= 4 is 27.9 Å². The molecule has 0 fully saturated rings. The highest BCUT2D eigenvalue weighted by molar-refractivity contribution is 9.10. The second-order valence-corrected chi connectivity index (χ2v) is 6.20. The van der Waals surface area contributed by atoms with E-state index in [1.165, 1.54) is 13.2 Å². The van der Waals surface area contributed by atoms with E-state index >= 15 is 0 Å². The second-order valence-electron chi connectivity index (χ2n) is 5.29. The summed E-state index contributed by atoms with van der Waals surface area (Å²) in [5.74, 6) is 1.48. The van der Waals surface area contributed by atoms with Crippen molar-refractivity contribution in [1.29, 1.82) is 5.26 Å². The number of carbonyl (C=O) groups excluding carboxylic acids is 1. The molecular formula is C20H19BrN2O4. The van der Waals surface area contributed by atoms with Gasteiger partial charge in [-0.1, -0.05) is 28.1 Å². The molecule has 0 heterocycles. The molecule has 7 heteroatoms. The van der Waals surface area contributed by atoms with Gasteiger partial charge in [-0.05, 0) is 42.0 Å². The standard InChI is InChI=1S/C20H19BrN2O4/c1-25-19-13-15(5-7-18(19)27-11-9-22)6-8-20(24)23-10-12-26-17-4-2-3-16(21)14-17/h2-8,13-14H,10-12H2,1H3,(H,23,24)/b8-6+. The quantitative estimate of drug-likeness (QED) is 0.485. The predicted octanol–water partition coefficient (Wildman–Crippen LogP) is 3.57. The van der Waals surface area contributed by atoms with Crippen molar-refractivity contribution in [3.05, 3.63) is 58.6 Å². The van der Waals surface area contributed by atoms with Gasteiger partial charge in [-0.2, -0.15) is 5.26 Å². The van der Waals surface area contributed by atoms with E-state index in [4.69, 9.17) is 19.5 Å². The van der Waals surface area contributed by atoms with Gasteiger partial charge in [0.1, 0.15) is 18.4 Å². The van der Waals surface area contributed by atoms with Crippen LogP contribution in [0, 0.1) is 11.3 Å². The van der Waals surface area contributed by atoms with E-state index in [-0.39, 0.29) is 12.5 Å². The van der Waals surface area contributed by atoms with Gasteiger partial charge < -0.3 is 19.5 Å². The monoisotopic (exact) mass is 430 g/mol. The molecule has 2 aromatic carbocycles. The van der Waals surface area contributed by atoms with Crippen LogP contribution in [0.15, 0.2) is 53.0 Å². The summed E-state index contributed by atoms with van der Waals surface area (Å²) in [5.41, 5.74) is 0.775. The fraction of sp³-hybridized carbons (Fsp3) is 0.200. The number of benzene rings is 2. The highest BCUT2D eigenvalue weighted by Gasteiger charge is 2.05. The van der Waals surface area contributed by atoms with Crippen LogP contribution in [0.3, 0.4) is 0 Å². The Balaban J connectivity index is 1.81. The molecule has 0 aromatic heterocycles. The van der Waals surface area contributed by atoms with E-state index in [0.717, 1.165) is 15.8 Å². The van der Waals surface area contributed by atoms with Gasteiger partial charge in [-0.15, -0.1) is 0 Å². The van der Waals surface area contributed by atoms with Crippen LogP contribution in [0.25, 0.3) is 6.08 Å². The summed E-state index contributed by atoms with van der Waals surface area (Å²) < 4.78 is 17.0. The molecule has 0 aliphatic carbocycles. The van der Waals surface area contributed by atoms with Crippen molar-refractivity contribution in [2.24, 2.45) is 0 Å². The van der Waals surface area contributed by atoms with Gasteiger partial charge >= 0.3 is 0 Å². The summed E-state index contributed by atoms with van der Waals surface area (Å²) >= 11 is 3.37. The summed E-state index contributed by atoms with van der Waals surface area (Å²) in [6, 6.07) is 14.6. The number of halogens is 1.